The molecule has 0 aromatic heterocycles. The molecule has 0 amide bonds. The topological polar surface area (TPSA) is 12.5 Å². The van der Waals surface area contributed by atoms with E-state index in [4.69, 9.17) is 4.74 Å². The van der Waals surface area contributed by atoms with E-state index in [1.54, 1.807) is 0 Å². The van der Waals surface area contributed by atoms with Crippen LogP contribution in [0.25, 0.3) is 0 Å². The summed E-state index contributed by atoms with van der Waals surface area (Å²) in [6.07, 6.45) is 1.20. The predicted molar refractivity (Wildman–Crippen MR) is 62.2 cm³/mol. The van der Waals surface area contributed by atoms with Gasteiger partial charge in [0, 0.05) is 18.0 Å². The van der Waals surface area contributed by atoms with E-state index in [9.17, 15) is 0 Å². The van der Waals surface area contributed by atoms with E-state index >= 15 is 0 Å². The minimum atomic E-state index is 0.645. The first-order valence-corrected chi connectivity index (χ1v) is 6.38. The molecular formula is C12H15NOS. The fourth-order valence-electron chi connectivity index (χ4n) is 2.23. The number of morpholine rings is 1. The zero-order chi connectivity index (χ0) is 10.1. The number of rotatable bonds is 1. The van der Waals surface area contributed by atoms with Gasteiger partial charge >= 0.3 is 0 Å². The molecule has 0 spiro atoms. The molecule has 80 valence electrons. The standard InChI is InChI=1S/C12H15NOS/c1-2-4-11-10(3-1)9-12(15-11)13-5-7-14-8-6-13/h1-4,12H,5-9H2. The second-order valence-corrected chi connectivity index (χ2v) is 5.25. The van der Waals surface area contributed by atoms with Crippen LogP contribution in [0.1, 0.15) is 5.56 Å². The summed E-state index contributed by atoms with van der Waals surface area (Å²) in [5, 5.41) is 0.645. The summed E-state index contributed by atoms with van der Waals surface area (Å²) in [5.74, 6) is 0. The van der Waals surface area contributed by atoms with Gasteiger partial charge in [0.1, 0.15) is 0 Å². The van der Waals surface area contributed by atoms with Gasteiger partial charge in [0.25, 0.3) is 0 Å². The quantitative estimate of drug-likeness (QED) is 0.719. The highest BCUT2D eigenvalue weighted by Gasteiger charge is 2.28. The summed E-state index contributed by atoms with van der Waals surface area (Å²) in [7, 11) is 0. The van der Waals surface area contributed by atoms with Gasteiger partial charge in [0.15, 0.2) is 0 Å². The molecular weight excluding hydrogens is 206 g/mol. The van der Waals surface area contributed by atoms with Crippen molar-refractivity contribution in [3.63, 3.8) is 0 Å². The third-order valence-corrected chi connectivity index (χ3v) is 4.47. The van der Waals surface area contributed by atoms with Crippen molar-refractivity contribution in [2.45, 2.75) is 16.7 Å². The van der Waals surface area contributed by atoms with Gasteiger partial charge in [-0.15, -0.1) is 11.8 Å². The minimum Gasteiger partial charge on any atom is -0.379 e. The lowest BCUT2D eigenvalue weighted by molar-refractivity contribution is 0.0332. The maximum absolute atomic E-state index is 5.39. The van der Waals surface area contributed by atoms with Crippen LogP contribution in [0.4, 0.5) is 0 Å². The zero-order valence-corrected chi connectivity index (χ0v) is 9.50. The molecule has 0 aliphatic carbocycles. The number of benzene rings is 1. The van der Waals surface area contributed by atoms with Gasteiger partial charge in [-0.25, -0.2) is 0 Å². The maximum atomic E-state index is 5.39. The molecule has 1 fully saturated rings. The van der Waals surface area contributed by atoms with E-state index in [1.807, 2.05) is 11.8 Å². The van der Waals surface area contributed by atoms with Crippen LogP contribution in [-0.4, -0.2) is 36.6 Å². The molecule has 2 heterocycles. The van der Waals surface area contributed by atoms with Gasteiger partial charge in [-0.2, -0.15) is 0 Å². The first-order chi connectivity index (χ1) is 7.43. The van der Waals surface area contributed by atoms with Crippen molar-refractivity contribution in [2.24, 2.45) is 0 Å². The molecule has 1 aromatic carbocycles. The van der Waals surface area contributed by atoms with Crippen LogP contribution in [0.3, 0.4) is 0 Å². The molecule has 2 aliphatic heterocycles. The molecule has 1 unspecified atom stereocenters. The Morgan fingerprint density at radius 1 is 1.20 bits per heavy atom. The molecule has 0 N–H and O–H groups in total. The molecule has 0 radical (unpaired) electrons. The fraction of sp³-hybridized carbons (Fsp3) is 0.500. The molecule has 1 saturated heterocycles. The van der Waals surface area contributed by atoms with E-state index in [1.165, 1.54) is 16.9 Å². The number of fused-ring (bicyclic) bond motifs is 1. The lowest BCUT2D eigenvalue weighted by Crippen LogP contribution is -2.41. The van der Waals surface area contributed by atoms with Gasteiger partial charge < -0.3 is 4.74 Å². The Morgan fingerprint density at radius 3 is 2.80 bits per heavy atom. The van der Waals surface area contributed by atoms with Crippen LogP contribution < -0.4 is 0 Å². The van der Waals surface area contributed by atoms with E-state index < -0.39 is 0 Å². The summed E-state index contributed by atoms with van der Waals surface area (Å²) >= 11 is 2.01. The molecule has 0 bridgehead atoms. The second kappa shape index (κ2) is 4.16. The van der Waals surface area contributed by atoms with Crippen molar-refractivity contribution >= 4 is 11.8 Å². The van der Waals surface area contributed by atoms with Crippen LogP contribution in [0.2, 0.25) is 0 Å². The SMILES string of the molecule is c1ccc2c(c1)CC(N1CCOCC1)S2. The second-order valence-electron chi connectivity index (χ2n) is 4.03. The van der Waals surface area contributed by atoms with Crippen LogP contribution in [0.15, 0.2) is 29.2 Å². The highest BCUT2D eigenvalue weighted by molar-refractivity contribution is 8.00. The molecule has 2 aliphatic rings. The van der Waals surface area contributed by atoms with E-state index in [-0.39, 0.29) is 0 Å². The first kappa shape index (κ1) is 9.70. The van der Waals surface area contributed by atoms with Gasteiger partial charge in [-0.1, -0.05) is 18.2 Å². The minimum absolute atomic E-state index is 0.645. The average molecular weight is 221 g/mol. The summed E-state index contributed by atoms with van der Waals surface area (Å²) in [6.45, 7) is 3.97. The van der Waals surface area contributed by atoms with Gasteiger partial charge in [-0.3, -0.25) is 4.90 Å². The van der Waals surface area contributed by atoms with Crippen molar-refractivity contribution in [3.05, 3.63) is 29.8 Å². The first-order valence-electron chi connectivity index (χ1n) is 5.50. The lowest BCUT2D eigenvalue weighted by atomic mass is 10.1. The van der Waals surface area contributed by atoms with E-state index in [2.05, 4.69) is 29.2 Å². The molecule has 2 nitrogen and oxygen atoms in total. The highest BCUT2D eigenvalue weighted by atomic mass is 32.2. The van der Waals surface area contributed by atoms with Crippen LogP contribution >= 0.6 is 11.8 Å². The third-order valence-electron chi connectivity index (χ3n) is 3.08. The average Bonchev–Trinajstić information content (AvgIpc) is 2.74. The van der Waals surface area contributed by atoms with Crippen molar-refractivity contribution in [3.8, 4) is 0 Å². The zero-order valence-electron chi connectivity index (χ0n) is 8.69. The Labute approximate surface area is 94.6 Å². The molecule has 15 heavy (non-hydrogen) atoms. The molecule has 1 atom stereocenters. The molecule has 0 saturated carbocycles. The summed E-state index contributed by atoms with van der Waals surface area (Å²) in [6, 6.07) is 8.76. The smallest absolute Gasteiger partial charge is 0.0647 e. The van der Waals surface area contributed by atoms with Crippen LogP contribution in [-0.2, 0) is 11.2 Å². The Balaban J connectivity index is 1.72. The number of nitrogens with zero attached hydrogens (tertiary/aromatic N) is 1. The summed E-state index contributed by atoms with van der Waals surface area (Å²) in [4.78, 5) is 4.02. The molecule has 1 aromatic rings. The van der Waals surface area contributed by atoms with Crippen molar-refractivity contribution < 1.29 is 4.74 Å². The Hall–Kier alpha value is -0.510. The number of thioether (sulfide) groups is 1. The summed E-state index contributed by atoms with van der Waals surface area (Å²) in [5.41, 5.74) is 1.51. The van der Waals surface area contributed by atoms with Gasteiger partial charge in [0.2, 0.25) is 0 Å². The highest BCUT2D eigenvalue weighted by Crippen LogP contribution is 2.38. The molecule has 3 rings (SSSR count). The van der Waals surface area contributed by atoms with Crippen LogP contribution in [0.5, 0.6) is 0 Å². The summed E-state index contributed by atoms with van der Waals surface area (Å²) < 4.78 is 5.39. The number of ether oxygens (including phenoxy) is 1. The van der Waals surface area contributed by atoms with E-state index in [0.717, 1.165) is 26.3 Å². The van der Waals surface area contributed by atoms with Gasteiger partial charge in [0.05, 0.1) is 18.6 Å². The Morgan fingerprint density at radius 2 is 2.00 bits per heavy atom. The van der Waals surface area contributed by atoms with Crippen molar-refractivity contribution in [1.29, 1.82) is 0 Å². The van der Waals surface area contributed by atoms with E-state index in [0.29, 0.717) is 5.37 Å². The number of hydrogen-bond acceptors (Lipinski definition) is 3. The predicted octanol–water partition coefficient (Wildman–Crippen LogP) is 1.99. The Kier molecular flexibility index (Phi) is 2.69. The monoisotopic (exact) mass is 221 g/mol. The van der Waals surface area contributed by atoms with Crippen molar-refractivity contribution in [2.75, 3.05) is 26.3 Å². The Bertz CT molecular complexity index is 324. The maximum Gasteiger partial charge on any atom is 0.0647 e. The largest absolute Gasteiger partial charge is 0.379 e. The van der Waals surface area contributed by atoms with Gasteiger partial charge in [-0.05, 0) is 18.1 Å². The van der Waals surface area contributed by atoms with Crippen molar-refractivity contribution in [1.82, 2.24) is 4.90 Å². The third kappa shape index (κ3) is 1.92. The van der Waals surface area contributed by atoms with Crippen LogP contribution in [0, 0.1) is 0 Å². The lowest BCUT2D eigenvalue weighted by Gasteiger charge is -2.31. The normalized spacial score (nSPS) is 26.5. The fourth-order valence-corrected chi connectivity index (χ4v) is 3.61. The number of hydrogen-bond donors (Lipinski definition) is 0. The molecule has 3 heteroatoms.